The topological polar surface area (TPSA) is 101 Å². The first-order chi connectivity index (χ1) is 39.0. The fraction of sp³-hybridized carbons (Fsp3) is 0.818. The van der Waals surface area contributed by atoms with Crippen molar-refractivity contribution in [2.24, 2.45) is 0 Å². The van der Waals surface area contributed by atoms with Crippen LogP contribution in [0.5, 0.6) is 0 Å². The summed E-state index contributed by atoms with van der Waals surface area (Å²) < 4.78 is 65.0. The van der Waals surface area contributed by atoms with Crippen LogP contribution in [0.1, 0.15) is 181 Å². The average molecular weight is 1280 g/mol. The number of aryl methyl sites for hydroxylation is 1. The third-order valence-electron chi connectivity index (χ3n) is 16.0. The van der Waals surface area contributed by atoms with Gasteiger partial charge in [0.25, 0.3) is 0 Å². The van der Waals surface area contributed by atoms with Gasteiger partial charge in [-0.25, -0.2) is 17.2 Å². The zero-order valence-electron chi connectivity index (χ0n) is 56.2. The molecule has 0 aliphatic carbocycles. The summed E-state index contributed by atoms with van der Waals surface area (Å²) >= 11 is 13.4. The fourth-order valence-corrected chi connectivity index (χ4v) is 14.8. The van der Waals surface area contributed by atoms with Crippen LogP contribution in [0.3, 0.4) is 0 Å². The lowest BCUT2D eigenvalue weighted by molar-refractivity contribution is -0.115. The highest BCUT2D eigenvalue weighted by Crippen LogP contribution is 2.28. The lowest BCUT2D eigenvalue weighted by atomic mass is 9.94. The molecule has 0 radical (unpaired) electrons. The van der Waals surface area contributed by atoms with Crippen molar-refractivity contribution in [2.45, 2.75) is 248 Å². The number of sulfone groups is 1. The van der Waals surface area contributed by atoms with E-state index in [0.717, 1.165) is 73.7 Å². The Morgan fingerprint density at radius 3 is 1.48 bits per heavy atom. The molecule has 2 N–H and O–H groups in total. The number of thioether (sulfide) groups is 1. The summed E-state index contributed by atoms with van der Waals surface area (Å²) in [6.07, 6.45) is 10.0. The zero-order chi connectivity index (χ0) is 63.6. The number of hydrogen-bond donors (Lipinski definition) is 2. The van der Waals surface area contributed by atoms with Crippen LogP contribution in [-0.2, 0) is 38.2 Å². The lowest BCUT2D eigenvalue weighted by Gasteiger charge is -2.47. The Morgan fingerprint density at radius 1 is 0.631 bits per heavy atom. The predicted molar refractivity (Wildman–Crippen MR) is 363 cm³/mol. The number of halogens is 4. The molecule has 11 nitrogen and oxygen atoms in total. The Labute approximate surface area is 530 Å². The van der Waals surface area contributed by atoms with Crippen molar-refractivity contribution in [3.05, 3.63) is 69.2 Å². The molecule has 7 aliphatic heterocycles. The highest BCUT2D eigenvalue weighted by molar-refractivity contribution is 7.99. The second-order valence-electron chi connectivity index (χ2n) is 27.7. The van der Waals surface area contributed by atoms with Crippen molar-refractivity contribution in [1.82, 2.24) is 35.1 Å². The molecular weight excluding hydrogens is 1160 g/mol. The second kappa shape index (κ2) is 39.3. The largest absolute Gasteiger partial charge is 0.375 e. The minimum atomic E-state index is -2.69. The van der Waals surface area contributed by atoms with E-state index in [4.69, 9.17) is 27.9 Å². The highest BCUT2D eigenvalue weighted by Gasteiger charge is 2.35. The van der Waals surface area contributed by atoms with E-state index < -0.39 is 20.6 Å². The monoisotopic (exact) mass is 1280 g/mol. The zero-order valence-corrected chi connectivity index (χ0v) is 60.1. The number of piperidine rings is 2. The molecule has 7 saturated heterocycles. The summed E-state index contributed by atoms with van der Waals surface area (Å²) in [5.74, 6) is 4.40. The average Bonchev–Trinajstić information content (AvgIpc) is 3.50. The van der Waals surface area contributed by atoms with Gasteiger partial charge in [-0.3, -0.25) is 28.7 Å². The van der Waals surface area contributed by atoms with Gasteiger partial charge in [-0.2, -0.15) is 11.8 Å². The summed E-state index contributed by atoms with van der Waals surface area (Å²) in [7, 11) is -3.21. The molecule has 7 aliphatic rings. The Morgan fingerprint density at radius 2 is 1.10 bits per heavy atom. The summed E-state index contributed by atoms with van der Waals surface area (Å²) in [5.41, 5.74) is 2.37. The van der Waals surface area contributed by atoms with E-state index in [9.17, 15) is 21.4 Å². The van der Waals surface area contributed by atoms with E-state index in [1.165, 1.54) is 88.5 Å². The summed E-state index contributed by atoms with van der Waals surface area (Å²) in [4.78, 5) is 12.3. The predicted octanol–water partition coefficient (Wildman–Crippen LogP) is 13.5. The molecule has 2 unspecified atom stereocenters. The van der Waals surface area contributed by atoms with Crippen LogP contribution in [0.15, 0.2) is 36.4 Å². The van der Waals surface area contributed by atoms with Crippen LogP contribution in [-0.4, -0.2) is 202 Å². The molecule has 2 aromatic carbocycles. The van der Waals surface area contributed by atoms with E-state index in [2.05, 4.69) is 178 Å². The molecule has 0 aromatic heterocycles. The number of nitrogens with zero attached hydrogens (tertiary/aromatic N) is 5. The van der Waals surface area contributed by atoms with Gasteiger partial charge < -0.3 is 15.4 Å². The summed E-state index contributed by atoms with van der Waals surface area (Å²) in [6.45, 7) is 52.4. The number of likely N-dealkylation sites (tertiary alicyclic amines) is 1. The quantitative estimate of drug-likeness (QED) is 0.200. The number of morpholine rings is 1. The molecule has 7 heterocycles. The maximum atomic E-state index is 13.3. The molecule has 2 bridgehead atoms. The number of rotatable bonds is 13. The molecule has 9 rings (SSSR count). The number of ether oxygens (including phenoxy) is 1. The van der Waals surface area contributed by atoms with Gasteiger partial charge in [-0.05, 0) is 197 Å². The van der Waals surface area contributed by atoms with Gasteiger partial charge in [-0.1, -0.05) is 69.5 Å². The number of nitrogens with one attached hydrogen (secondary N) is 2. The van der Waals surface area contributed by atoms with Crippen molar-refractivity contribution in [3.63, 3.8) is 0 Å². The fourth-order valence-electron chi connectivity index (χ4n) is 11.3. The van der Waals surface area contributed by atoms with Crippen LogP contribution in [0.4, 0.5) is 8.78 Å². The van der Waals surface area contributed by atoms with E-state index in [1.54, 1.807) is 12.1 Å². The number of benzene rings is 2. The molecule has 0 amide bonds. The van der Waals surface area contributed by atoms with Gasteiger partial charge in [0.1, 0.15) is 11.6 Å². The Kier molecular flexibility index (Phi) is 37.0. The molecule has 0 saturated carbocycles. The molecule has 490 valence electrons. The van der Waals surface area contributed by atoms with Gasteiger partial charge in [0.15, 0.2) is 9.84 Å². The first-order valence-corrected chi connectivity index (χ1v) is 37.1. The van der Waals surface area contributed by atoms with Crippen LogP contribution in [0.2, 0.25) is 10.0 Å². The van der Waals surface area contributed by atoms with Crippen molar-refractivity contribution in [3.8, 4) is 0 Å². The minimum absolute atomic E-state index is 0.0472. The first-order valence-electron chi connectivity index (χ1n) is 31.9. The van der Waals surface area contributed by atoms with Gasteiger partial charge in [-0.15, -0.1) is 0 Å². The van der Waals surface area contributed by atoms with Crippen LogP contribution in [0, 0.1) is 11.6 Å². The van der Waals surface area contributed by atoms with E-state index in [1.807, 2.05) is 12.1 Å². The van der Waals surface area contributed by atoms with Crippen molar-refractivity contribution in [1.29, 1.82) is 0 Å². The molecule has 7 fully saturated rings. The SMILES string of the molecule is CC(C)(C)N1CCCCC1.CC(C)N1CC2CCC1CO2.CC(C)N1CCS(=O)(=O)CC1.CC(C)N1CCS(=O)CC1.CC(C)N1CCSCC1.CC(C)NC(C)(C)CCc1ccc(Cl)c(F)c1.CC(C)NC(C)(C)Cc1ccc(Cl)c(F)c1. The maximum absolute atomic E-state index is 13.3. The van der Waals surface area contributed by atoms with Crippen molar-refractivity contribution in [2.75, 3.05) is 100 Å². The Bertz CT molecular complexity index is 2230. The normalized spacial score (nSPS) is 21.2. The lowest BCUT2D eigenvalue weighted by Crippen LogP contribution is -2.56. The van der Waals surface area contributed by atoms with Gasteiger partial charge in [0.05, 0.1) is 34.3 Å². The van der Waals surface area contributed by atoms with Crippen molar-refractivity contribution < 1.29 is 26.1 Å². The van der Waals surface area contributed by atoms with Crippen LogP contribution >= 0.6 is 35.0 Å². The summed E-state index contributed by atoms with van der Waals surface area (Å²) in [6, 6.07) is 14.2. The Balaban J connectivity index is 0.000000338. The second-order valence-corrected chi connectivity index (χ2v) is 33.8. The third kappa shape index (κ3) is 33.7. The van der Waals surface area contributed by atoms with E-state index in [-0.39, 0.29) is 32.8 Å². The highest BCUT2D eigenvalue weighted by atomic mass is 35.5. The first kappa shape index (κ1) is 79.1. The third-order valence-corrected chi connectivity index (χ3v) is 20.5. The van der Waals surface area contributed by atoms with Crippen molar-refractivity contribution >= 4 is 55.6 Å². The number of fused-ring (bicyclic) bond motifs is 3. The van der Waals surface area contributed by atoms with Gasteiger partial charge in [0.2, 0.25) is 0 Å². The summed E-state index contributed by atoms with van der Waals surface area (Å²) in [5, 5.41) is 7.31. The molecule has 18 heteroatoms. The minimum Gasteiger partial charge on any atom is -0.375 e. The van der Waals surface area contributed by atoms with E-state index in [0.29, 0.717) is 66.4 Å². The van der Waals surface area contributed by atoms with Gasteiger partial charge >= 0.3 is 0 Å². The van der Waals surface area contributed by atoms with Crippen LogP contribution < -0.4 is 10.6 Å². The van der Waals surface area contributed by atoms with Crippen LogP contribution in [0.25, 0.3) is 0 Å². The molecule has 0 spiro atoms. The molecule has 2 atom stereocenters. The Hall–Kier alpha value is -0.990. The maximum Gasteiger partial charge on any atom is 0.152 e. The van der Waals surface area contributed by atoms with E-state index >= 15 is 0 Å². The molecular formula is C66H121Cl2F2N7O4S3. The smallest absolute Gasteiger partial charge is 0.152 e. The standard InChI is InChI=1S/C14H21ClFN.C13H19ClFN.C9H17NO.C9H19N.C7H15NO2S.C7H15NOS.C7H15NS/c1-10(2)17-14(3,4)8-7-11-5-6-12(15)13(16)9-11;1-9(2)16-13(3,4)8-10-5-6-11(14)12(15)7-10;1-7(2)10-5-9-4-3-8(10)6-11-9;1-9(2,3)10-7-5-4-6-8-10;1-7(2)8-3-5-11(9,10)6-4-8;1-7(2)8-3-5-10(9)6-4-8;1-7(2)8-3-5-9-6-4-8/h5-6,9-10,17H,7-8H2,1-4H3;5-7,9,16H,8H2,1-4H3;7-9H,3-6H2,1-2H3;4-8H2,1-3H3;7H,3-6H2,1-2H3;7H,3-6H2,1-2H3;7H,3-6H2,1-2H3. The molecule has 2 aromatic rings. The van der Waals surface area contributed by atoms with Gasteiger partial charge in [0, 0.05) is 139 Å². The molecule has 84 heavy (non-hydrogen) atoms. The number of hydrogen-bond acceptors (Lipinski definition) is 12.